The summed E-state index contributed by atoms with van der Waals surface area (Å²) in [6.45, 7) is 5.86. The van der Waals surface area contributed by atoms with Crippen LogP contribution in [0, 0.1) is 11.8 Å². The van der Waals surface area contributed by atoms with Crippen LogP contribution in [0.4, 0.5) is 0 Å². The lowest BCUT2D eigenvalue weighted by atomic mass is 9.95. The van der Waals surface area contributed by atoms with Gasteiger partial charge in [0.25, 0.3) is 0 Å². The predicted octanol–water partition coefficient (Wildman–Crippen LogP) is 2.30. The van der Waals surface area contributed by atoms with Crippen molar-refractivity contribution < 1.29 is 14.7 Å². The van der Waals surface area contributed by atoms with E-state index in [-0.39, 0.29) is 17.9 Å². The minimum absolute atomic E-state index is 0.000239. The van der Waals surface area contributed by atoms with Gasteiger partial charge in [0.2, 0.25) is 5.91 Å². The standard InChI is InChI=1S/C18H26N2O3/c1-13(2)17(14-6-4-3-5-7-14)19-16(21)12-20-10-8-15(9-11-20)18(22)23/h3-7,13,15,17H,8-12H2,1-2H3,(H,19,21)(H,22,23). The van der Waals surface area contributed by atoms with Gasteiger partial charge < -0.3 is 10.4 Å². The number of aliphatic carboxylic acids is 1. The molecule has 2 N–H and O–H groups in total. The summed E-state index contributed by atoms with van der Waals surface area (Å²) in [5.41, 5.74) is 1.11. The molecule has 1 heterocycles. The van der Waals surface area contributed by atoms with Gasteiger partial charge in [0.05, 0.1) is 18.5 Å². The van der Waals surface area contributed by atoms with Crippen molar-refractivity contribution in [1.82, 2.24) is 10.2 Å². The van der Waals surface area contributed by atoms with Gasteiger partial charge in [-0.1, -0.05) is 44.2 Å². The van der Waals surface area contributed by atoms with Crippen molar-refractivity contribution in [3.63, 3.8) is 0 Å². The lowest BCUT2D eigenvalue weighted by Gasteiger charge is -2.30. The second-order valence-corrected chi connectivity index (χ2v) is 6.59. The molecule has 5 nitrogen and oxygen atoms in total. The van der Waals surface area contributed by atoms with Crippen LogP contribution in [0.15, 0.2) is 30.3 Å². The molecule has 1 aromatic rings. The average molecular weight is 318 g/mol. The Hall–Kier alpha value is -1.88. The first-order valence-corrected chi connectivity index (χ1v) is 8.27. The second kappa shape index (κ2) is 8.11. The molecule has 0 spiro atoms. The molecule has 0 aromatic heterocycles. The first-order chi connectivity index (χ1) is 11.0. The highest BCUT2D eigenvalue weighted by Gasteiger charge is 2.26. The topological polar surface area (TPSA) is 69.6 Å². The predicted molar refractivity (Wildman–Crippen MR) is 89.0 cm³/mol. The molecule has 1 amide bonds. The van der Waals surface area contributed by atoms with E-state index in [4.69, 9.17) is 5.11 Å². The van der Waals surface area contributed by atoms with Crippen LogP contribution in [0.3, 0.4) is 0 Å². The number of amides is 1. The van der Waals surface area contributed by atoms with Crippen LogP contribution in [-0.4, -0.2) is 41.5 Å². The molecule has 1 aliphatic rings. The number of carbonyl (C=O) groups is 2. The Morgan fingerprint density at radius 1 is 1.22 bits per heavy atom. The van der Waals surface area contributed by atoms with Crippen molar-refractivity contribution in [3.8, 4) is 0 Å². The summed E-state index contributed by atoms with van der Waals surface area (Å²) >= 11 is 0. The summed E-state index contributed by atoms with van der Waals surface area (Å²) in [5.74, 6) is -0.680. The zero-order valence-electron chi connectivity index (χ0n) is 13.9. The van der Waals surface area contributed by atoms with Crippen LogP contribution in [0.5, 0.6) is 0 Å². The van der Waals surface area contributed by atoms with Gasteiger partial charge in [-0.25, -0.2) is 0 Å². The fourth-order valence-electron chi connectivity index (χ4n) is 3.06. The van der Waals surface area contributed by atoms with Gasteiger partial charge in [0, 0.05) is 0 Å². The lowest BCUT2D eigenvalue weighted by Crippen LogP contribution is -2.44. The van der Waals surface area contributed by atoms with E-state index >= 15 is 0 Å². The Morgan fingerprint density at radius 3 is 2.35 bits per heavy atom. The number of likely N-dealkylation sites (tertiary alicyclic amines) is 1. The molecule has 0 saturated carbocycles. The fourth-order valence-corrected chi connectivity index (χ4v) is 3.06. The molecule has 0 aliphatic carbocycles. The molecular formula is C18H26N2O3. The van der Waals surface area contributed by atoms with Crippen molar-refractivity contribution in [1.29, 1.82) is 0 Å². The molecular weight excluding hydrogens is 292 g/mol. The van der Waals surface area contributed by atoms with E-state index in [2.05, 4.69) is 19.2 Å². The van der Waals surface area contributed by atoms with E-state index in [1.54, 1.807) is 0 Å². The summed E-state index contributed by atoms with van der Waals surface area (Å²) in [4.78, 5) is 25.3. The first-order valence-electron chi connectivity index (χ1n) is 8.27. The summed E-state index contributed by atoms with van der Waals surface area (Å²) < 4.78 is 0. The van der Waals surface area contributed by atoms with Crippen molar-refractivity contribution in [2.75, 3.05) is 19.6 Å². The SMILES string of the molecule is CC(C)C(NC(=O)CN1CCC(C(=O)O)CC1)c1ccccc1. The fraction of sp³-hybridized carbons (Fsp3) is 0.556. The van der Waals surface area contributed by atoms with Crippen LogP contribution >= 0.6 is 0 Å². The molecule has 126 valence electrons. The van der Waals surface area contributed by atoms with Crippen molar-refractivity contribution >= 4 is 11.9 Å². The highest BCUT2D eigenvalue weighted by atomic mass is 16.4. The molecule has 1 fully saturated rings. The van der Waals surface area contributed by atoms with E-state index in [0.717, 1.165) is 5.56 Å². The molecule has 1 aliphatic heterocycles. The maximum atomic E-state index is 12.3. The summed E-state index contributed by atoms with van der Waals surface area (Å²) in [6, 6.07) is 9.99. The Bertz CT molecular complexity index is 522. The largest absolute Gasteiger partial charge is 0.481 e. The molecule has 1 saturated heterocycles. The van der Waals surface area contributed by atoms with Gasteiger partial charge in [0.15, 0.2) is 0 Å². The monoisotopic (exact) mass is 318 g/mol. The minimum Gasteiger partial charge on any atom is -0.481 e. The summed E-state index contributed by atoms with van der Waals surface area (Å²) in [5, 5.41) is 12.1. The molecule has 0 bridgehead atoms. The molecule has 1 atom stereocenters. The number of nitrogens with one attached hydrogen (secondary N) is 1. The van der Waals surface area contributed by atoms with Gasteiger partial charge in [0.1, 0.15) is 0 Å². The summed E-state index contributed by atoms with van der Waals surface area (Å²) in [6.07, 6.45) is 1.24. The maximum Gasteiger partial charge on any atom is 0.306 e. The number of rotatable bonds is 6. The Labute approximate surface area is 137 Å². The van der Waals surface area contributed by atoms with E-state index in [0.29, 0.717) is 38.4 Å². The Morgan fingerprint density at radius 2 is 1.83 bits per heavy atom. The van der Waals surface area contributed by atoms with E-state index in [9.17, 15) is 9.59 Å². The van der Waals surface area contributed by atoms with Crippen molar-refractivity contribution in [2.24, 2.45) is 11.8 Å². The zero-order valence-corrected chi connectivity index (χ0v) is 13.9. The normalized spacial score (nSPS) is 17.9. The van der Waals surface area contributed by atoms with Crippen LogP contribution in [-0.2, 0) is 9.59 Å². The van der Waals surface area contributed by atoms with E-state index in [1.165, 1.54) is 0 Å². The molecule has 1 unspecified atom stereocenters. The van der Waals surface area contributed by atoms with Gasteiger partial charge in [-0.05, 0) is 37.4 Å². The van der Waals surface area contributed by atoms with Crippen LogP contribution in [0.2, 0.25) is 0 Å². The lowest BCUT2D eigenvalue weighted by molar-refractivity contribution is -0.143. The minimum atomic E-state index is -0.724. The Kier molecular flexibility index (Phi) is 6.16. The second-order valence-electron chi connectivity index (χ2n) is 6.59. The van der Waals surface area contributed by atoms with Crippen molar-refractivity contribution in [2.45, 2.75) is 32.7 Å². The van der Waals surface area contributed by atoms with Gasteiger partial charge >= 0.3 is 5.97 Å². The van der Waals surface area contributed by atoms with Crippen molar-refractivity contribution in [3.05, 3.63) is 35.9 Å². The van der Waals surface area contributed by atoms with Gasteiger partial charge in [-0.3, -0.25) is 14.5 Å². The Balaban J connectivity index is 1.87. The van der Waals surface area contributed by atoms with Crippen LogP contribution < -0.4 is 5.32 Å². The number of benzene rings is 1. The summed E-state index contributed by atoms with van der Waals surface area (Å²) in [7, 11) is 0. The van der Waals surface area contributed by atoms with E-state index < -0.39 is 5.97 Å². The number of piperidine rings is 1. The van der Waals surface area contributed by atoms with Gasteiger partial charge in [-0.15, -0.1) is 0 Å². The smallest absolute Gasteiger partial charge is 0.306 e. The quantitative estimate of drug-likeness (QED) is 0.844. The first kappa shape index (κ1) is 17.5. The molecule has 1 aromatic carbocycles. The number of carbonyl (C=O) groups excluding carboxylic acids is 1. The zero-order chi connectivity index (χ0) is 16.8. The number of carboxylic acid groups (broad SMARTS) is 1. The number of carboxylic acids is 1. The number of hydrogen-bond donors (Lipinski definition) is 2. The third kappa shape index (κ3) is 5.06. The molecule has 5 heteroatoms. The van der Waals surface area contributed by atoms with E-state index in [1.807, 2.05) is 35.2 Å². The molecule has 23 heavy (non-hydrogen) atoms. The average Bonchev–Trinajstić information content (AvgIpc) is 2.53. The highest BCUT2D eigenvalue weighted by Crippen LogP contribution is 2.21. The number of hydrogen-bond acceptors (Lipinski definition) is 3. The molecule has 0 radical (unpaired) electrons. The third-order valence-corrected chi connectivity index (χ3v) is 4.45. The third-order valence-electron chi connectivity index (χ3n) is 4.45. The maximum absolute atomic E-state index is 12.3. The highest BCUT2D eigenvalue weighted by molar-refractivity contribution is 5.78. The number of nitrogens with zero attached hydrogens (tertiary/aromatic N) is 1. The van der Waals surface area contributed by atoms with Crippen LogP contribution in [0.1, 0.15) is 38.3 Å². The van der Waals surface area contributed by atoms with Gasteiger partial charge in [-0.2, -0.15) is 0 Å². The molecule has 2 rings (SSSR count). The van der Waals surface area contributed by atoms with Crippen LogP contribution in [0.25, 0.3) is 0 Å².